The molecule has 126 valence electrons. The van der Waals surface area contributed by atoms with E-state index in [1.165, 1.54) is 17.8 Å². The van der Waals surface area contributed by atoms with Crippen LogP contribution in [-0.4, -0.2) is 28.0 Å². The van der Waals surface area contributed by atoms with Crippen molar-refractivity contribution in [1.82, 2.24) is 9.97 Å². The monoisotopic (exact) mass is 346 g/mol. The van der Waals surface area contributed by atoms with Gasteiger partial charge in [-0.05, 0) is 45.2 Å². The van der Waals surface area contributed by atoms with Crippen LogP contribution in [-0.2, 0) is 4.74 Å². The number of thioether (sulfide) groups is 1. The average Bonchev–Trinajstić information content (AvgIpc) is 2.68. The summed E-state index contributed by atoms with van der Waals surface area (Å²) in [6.45, 7) is 5.15. The topological polar surface area (TPSA) is 78.4 Å². The molecule has 2 aromatic rings. The van der Waals surface area contributed by atoms with E-state index in [1.807, 2.05) is 6.26 Å². The SMILES string of the molecule is CSc1nccc(-c2ccccc(OC(=O)OC(C)(C)C)c2=O)n1. The van der Waals surface area contributed by atoms with E-state index in [0.717, 1.165) is 0 Å². The molecular formula is C17H18N2O4S. The summed E-state index contributed by atoms with van der Waals surface area (Å²) >= 11 is 1.37. The normalized spacial score (nSPS) is 11.0. The van der Waals surface area contributed by atoms with Gasteiger partial charge in [0.1, 0.15) is 5.60 Å². The zero-order valence-electron chi connectivity index (χ0n) is 13.9. The van der Waals surface area contributed by atoms with Gasteiger partial charge in [-0.1, -0.05) is 23.9 Å². The highest BCUT2D eigenvalue weighted by molar-refractivity contribution is 7.98. The lowest BCUT2D eigenvalue weighted by molar-refractivity contribution is 0.0204. The fourth-order valence-electron chi connectivity index (χ4n) is 1.81. The van der Waals surface area contributed by atoms with Gasteiger partial charge in [0.2, 0.25) is 5.43 Å². The Kier molecular flexibility index (Phi) is 5.56. The smallest absolute Gasteiger partial charge is 0.428 e. The third-order valence-corrected chi connectivity index (χ3v) is 3.33. The summed E-state index contributed by atoms with van der Waals surface area (Å²) in [5.41, 5.74) is -0.378. The summed E-state index contributed by atoms with van der Waals surface area (Å²) in [6.07, 6.45) is 2.50. The Balaban J connectivity index is 2.41. The summed E-state index contributed by atoms with van der Waals surface area (Å²) in [7, 11) is 0. The lowest BCUT2D eigenvalue weighted by Crippen LogP contribution is -2.27. The molecule has 24 heavy (non-hydrogen) atoms. The van der Waals surface area contributed by atoms with Gasteiger partial charge in [0.15, 0.2) is 10.9 Å². The van der Waals surface area contributed by atoms with Crippen LogP contribution in [0.2, 0.25) is 0 Å². The minimum Gasteiger partial charge on any atom is -0.428 e. The minimum atomic E-state index is -0.927. The van der Waals surface area contributed by atoms with Crippen LogP contribution in [0.4, 0.5) is 4.79 Å². The molecule has 0 aliphatic carbocycles. The molecule has 0 fully saturated rings. The van der Waals surface area contributed by atoms with E-state index in [-0.39, 0.29) is 5.75 Å². The van der Waals surface area contributed by atoms with Crippen molar-refractivity contribution in [3.05, 3.63) is 46.8 Å². The Bertz CT molecular complexity index is 803. The first-order valence-corrected chi connectivity index (χ1v) is 8.44. The van der Waals surface area contributed by atoms with Gasteiger partial charge in [-0.15, -0.1) is 0 Å². The summed E-state index contributed by atoms with van der Waals surface area (Å²) < 4.78 is 10.2. The molecule has 0 radical (unpaired) electrons. The minimum absolute atomic E-state index is 0.117. The average molecular weight is 346 g/mol. The number of carbonyl (C=O) groups excluding carboxylic acids is 1. The second-order valence-corrected chi connectivity index (χ2v) is 6.59. The van der Waals surface area contributed by atoms with Gasteiger partial charge >= 0.3 is 6.16 Å². The van der Waals surface area contributed by atoms with Crippen molar-refractivity contribution in [3.63, 3.8) is 0 Å². The van der Waals surface area contributed by atoms with Crippen molar-refractivity contribution in [2.45, 2.75) is 31.5 Å². The molecular weight excluding hydrogens is 328 g/mol. The number of aromatic nitrogens is 2. The molecule has 6 nitrogen and oxygen atoms in total. The highest BCUT2D eigenvalue weighted by atomic mass is 32.2. The molecule has 7 heteroatoms. The van der Waals surface area contributed by atoms with E-state index in [1.54, 1.807) is 51.2 Å². The standard InChI is InChI=1S/C17H18N2O4S/c1-17(2,3)23-16(21)22-13-8-6-5-7-11(14(13)20)12-9-10-18-15(19-12)24-4/h5-10H,1-4H3. The van der Waals surface area contributed by atoms with Crippen molar-refractivity contribution >= 4 is 17.9 Å². The van der Waals surface area contributed by atoms with Crippen LogP contribution in [0.25, 0.3) is 11.3 Å². The van der Waals surface area contributed by atoms with Gasteiger partial charge < -0.3 is 9.47 Å². The van der Waals surface area contributed by atoms with Crippen molar-refractivity contribution in [1.29, 1.82) is 0 Å². The van der Waals surface area contributed by atoms with Crippen molar-refractivity contribution in [3.8, 4) is 17.0 Å². The fourth-order valence-corrected chi connectivity index (χ4v) is 2.17. The van der Waals surface area contributed by atoms with Crippen molar-refractivity contribution in [2.24, 2.45) is 0 Å². The molecule has 0 atom stereocenters. The molecule has 2 rings (SSSR count). The van der Waals surface area contributed by atoms with Gasteiger partial charge in [-0.2, -0.15) is 0 Å². The van der Waals surface area contributed by atoms with Crippen molar-refractivity contribution < 1.29 is 14.3 Å². The maximum Gasteiger partial charge on any atom is 0.514 e. The summed E-state index contributed by atoms with van der Waals surface area (Å²) in [6, 6.07) is 7.97. The number of nitrogens with zero attached hydrogens (tertiary/aromatic N) is 2. The highest BCUT2D eigenvalue weighted by Gasteiger charge is 2.19. The molecule has 0 unspecified atom stereocenters. The zero-order valence-corrected chi connectivity index (χ0v) is 14.7. The number of ether oxygens (including phenoxy) is 2. The zero-order chi connectivity index (χ0) is 17.7. The van der Waals surface area contributed by atoms with Crippen LogP contribution < -0.4 is 10.2 Å². The number of rotatable bonds is 3. The maximum atomic E-state index is 12.7. The van der Waals surface area contributed by atoms with Gasteiger partial charge in [-0.3, -0.25) is 4.79 Å². The summed E-state index contributed by atoms with van der Waals surface area (Å²) in [5.74, 6) is -0.117. The van der Waals surface area contributed by atoms with E-state index in [9.17, 15) is 9.59 Å². The van der Waals surface area contributed by atoms with Crippen LogP contribution in [0.15, 0.2) is 46.5 Å². The van der Waals surface area contributed by atoms with E-state index in [4.69, 9.17) is 9.47 Å². The Morgan fingerprint density at radius 3 is 2.54 bits per heavy atom. The molecule has 1 heterocycles. The van der Waals surface area contributed by atoms with Crippen LogP contribution >= 0.6 is 11.8 Å². The highest BCUT2D eigenvalue weighted by Crippen LogP contribution is 2.18. The van der Waals surface area contributed by atoms with Crippen LogP contribution in [0, 0.1) is 0 Å². The molecule has 0 spiro atoms. The Labute approximate surface area is 144 Å². The molecule has 1 aromatic carbocycles. The molecule has 0 amide bonds. The Hall–Kier alpha value is -2.41. The number of hydrogen-bond donors (Lipinski definition) is 0. The molecule has 0 N–H and O–H groups in total. The van der Waals surface area contributed by atoms with Crippen LogP contribution in [0.3, 0.4) is 0 Å². The largest absolute Gasteiger partial charge is 0.514 e. The second kappa shape index (κ2) is 7.44. The fraction of sp³-hybridized carbons (Fsp3) is 0.294. The predicted molar refractivity (Wildman–Crippen MR) is 92.4 cm³/mol. The van der Waals surface area contributed by atoms with E-state index in [0.29, 0.717) is 16.4 Å². The lowest BCUT2D eigenvalue weighted by atomic mass is 10.2. The molecule has 1 aromatic heterocycles. The van der Waals surface area contributed by atoms with Crippen molar-refractivity contribution in [2.75, 3.05) is 6.26 Å². The van der Waals surface area contributed by atoms with Gasteiger partial charge in [0.05, 0.1) is 11.3 Å². The first kappa shape index (κ1) is 17.9. The van der Waals surface area contributed by atoms with E-state index < -0.39 is 17.2 Å². The first-order chi connectivity index (χ1) is 11.3. The predicted octanol–water partition coefficient (Wildman–Crippen LogP) is 3.54. The molecule has 0 saturated carbocycles. The quantitative estimate of drug-likeness (QED) is 0.478. The molecule has 0 aliphatic rings. The third kappa shape index (κ3) is 4.79. The molecule has 0 aliphatic heterocycles. The number of carbonyl (C=O) groups is 1. The lowest BCUT2D eigenvalue weighted by Gasteiger charge is -2.18. The third-order valence-electron chi connectivity index (χ3n) is 2.76. The first-order valence-electron chi connectivity index (χ1n) is 7.22. The van der Waals surface area contributed by atoms with Gasteiger partial charge in [0, 0.05) is 6.20 Å². The summed E-state index contributed by atoms with van der Waals surface area (Å²) in [4.78, 5) is 32.9. The Morgan fingerprint density at radius 2 is 1.88 bits per heavy atom. The van der Waals surface area contributed by atoms with Crippen LogP contribution in [0.5, 0.6) is 5.75 Å². The summed E-state index contributed by atoms with van der Waals surface area (Å²) in [5, 5.41) is 0.549. The van der Waals surface area contributed by atoms with E-state index in [2.05, 4.69) is 9.97 Å². The van der Waals surface area contributed by atoms with Gasteiger partial charge in [0.25, 0.3) is 0 Å². The van der Waals surface area contributed by atoms with Crippen LogP contribution in [0.1, 0.15) is 20.8 Å². The molecule has 0 saturated heterocycles. The molecule has 0 bridgehead atoms. The second-order valence-electron chi connectivity index (χ2n) is 5.82. The van der Waals surface area contributed by atoms with E-state index >= 15 is 0 Å². The maximum absolute atomic E-state index is 12.7. The number of hydrogen-bond acceptors (Lipinski definition) is 7. The Morgan fingerprint density at radius 1 is 1.17 bits per heavy atom. The van der Waals surface area contributed by atoms with Gasteiger partial charge in [-0.25, -0.2) is 14.8 Å².